The number of nitrogens with zero attached hydrogens (tertiary/aromatic N) is 1. The van der Waals surface area contributed by atoms with Crippen molar-refractivity contribution in [3.8, 4) is 0 Å². The van der Waals surface area contributed by atoms with E-state index in [2.05, 4.69) is 0 Å². The van der Waals surface area contributed by atoms with Gasteiger partial charge in [0.2, 0.25) is 5.91 Å². The molecule has 0 aromatic rings. The van der Waals surface area contributed by atoms with Crippen molar-refractivity contribution in [3.05, 3.63) is 0 Å². The summed E-state index contributed by atoms with van der Waals surface area (Å²) < 4.78 is 0. The predicted molar refractivity (Wildman–Crippen MR) is 54.2 cm³/mol. The molecule has 0 bridgehead atoms. The fourth-order valence-corrected chi connectivity index (χ4v) is 2.54. The van der Waals surface area contributed by atoms with Crippen LogP contribution in [-0.2, 0) is 9.59 Å². The molecule has 4 heteroatoms. The molecule has 84 valence electrons. The van der Waals surface area contributed by atoms with Crippen molar-refractivity contribution in [1.82, 2.24) is 4.90 Å². The molecule has 2 rings (SSSR count). The lowest BCUT2D eigenvalue weighted by Gasteiger charge is -2.29. The van der Waals surface area contributed by atoms with E-state index in [1.807, 2.05) is 0 Å². The standard InChI is InChI=1S/C11H17NO3/c13-9-3-1-2-8(4-9)6-12-7-10(14)5-11(12)15/h8-9,13H,1-7H2. The number of aliphatic hydroxyl groups excluding tert-OH is 1. The molecule has 2 unspecified atom stereocenters. The highest BCUT2D eigenvalue weighted by Crippen LogP contribution is 2.25. The maximum Gasteiger partial charge on any atom is 0.230 e. The number of rotatable bonds is 2. The third-order valence-electron chi connectivity index (χ3n) is 3.30. The summed E-state index contributed by atoms with van der Waals surface area (Å²) in [6.07, 6.45) is 3.62. The highest BCUT2D eigenvalue weighted by Gasteiger charge is 2.30. The lowest BCUT2D eigenvalue weighted by Crippen LogP contribution is -2.34. The highest BCUT2D eigenvalue weighted by molar-refractivity contribution is 6.05. The highest BCUT2D eigenvalue weighted by atomic mass is 16.3. The van der Waals surface area contributed by atoms with Crippen LogP contribution in [0.4, 0.5) is 0 Å². The normalized spacial score (nSPS) is 32.5. The van der Waals surface area contributed by atoms with E-state index < -0.39 is 0 Å². The lowest BCUT2D eigenvalue weighted by atomic mass is 9.87. The van der Waals surface area contributed by atoms with Gasteiger partial charge in [-0.25, -0.2) is 0 Å². The van der Waals surface area contributed by atoms with E-state index in [9.17, 15) is 14.7 Å². The summed E-state index contributed by atoms with van der Waals surface area (Å²) in [6.45, 7) is 0.938. The molecule has 0 aromatic carbocycles. The molecule has 2 aliphatic rings. The zero-order valence-electron chi connectivity index (χ0n) is 8.82. The van der Waals surface area contributed by atoms with E-state index >= 15 is 0 Å². The van der Waals surface area contributed by atoms with E-state index in [-0.39, 0.29) is 30.8 Å². The maximum atomic E-state index is 11.4. The van der Waals surface area contributed by atoms with Gasteiger partial charge in [-0.15, -0.1) is 0 Å². The van der Waals surface area contributed by atoms with Crippen LogP contribution in [0.5, 0.6) is 0 Å². The van der Waals surface area contributed by atoms with E-state index in [0.29, 0.717) is 12.5 Å². The van der Waals surface area contributed by atoms with Crippen LogP contribution in [0.25, 0.3) is 0 Å². The minimum atomic E-state index is -0.211. The molecular formula is C11H17NO3. The van der Waals surface area contributed by atoms with E-state index in [4.69, 9.17) is 0 Å². The van der Waals surface area contributed by atoms with Crippen LogP contribution in [0, 0.1) is 5.92 Å². The molecule has 0 spiro atoms. The van der Waals surface area contributed by atoms with Gasteiger partial charge in [0.1, 0.15) is 0 Å². The third kappa shape index (κ3) is 2.56. The number of carbonyl (C=O) groups excluding carboxylic acids is 2. The topological polar surface area (TPSA) is 57.6 Å². The van der Waals surface area contributed by atoms with E-state index in [0.717, 1.165) is 25.7 Å². The van der Waals surface area contributed by atoms with Crippen LogP contribution < -0.4 is 0 Å². The predicted octanol–water partition coefficient (Wildman–Crippen LogP) is 0.339. The fourth-order valence-electron chi connectivity index (χ4n) is 2.54. The Bertz CT molecular complexity index is 277. The fraction of sp³-hybridized carbons (Fsp3) is 0.818. The van der Waals surface area contributed by atoms with E-state index in [1.54, 1.807) is 4.90 Å². The zero-order chi connectivity index (χ0) is 10.8. The second-order valence-electron chi connectivity index (χ2n) is 4.68. The Morgan fingerprint density at radius 3 is 2.73 bits per heavy atom. The molecule has 1 saturated carbocycles. The smallest absolute Gasteiger partial charge is 0.230 e. The summed E-state index contributed by atoms with van der Waals surface area (Å²) in [5.74, 6) is 0.361. The number of likely N-dealkylation sites (tertiary alicyclic amines) is 1. The number of carbonyl (C=O) groups is 2. The molecule has 1 amide bonds. The Morgan fingerprint density at radius 2 is 2.13 bits per heavy atom. The lowest BCUT2D eigenvalue weighted by molar-refractivity contribution is -0.128. The van der Waals surface area contributed by atoms with Gasteiger partial charge in [-0.05, 0) is 25.2 Å². The first-order chi connectivity index (χ1) is 7.15. The Labute approximate surface area is 89.3 Å². The SMILES string of the molecule is O=C1CC(=O)N(CC2CCCC(O)C2)C1. The van der Waals surface area contributed by atoms with Gasteiger partial charge in [-0.1, -0.05) is 6.42 Å². The van der Waals surface area contributed by atoms with Crippen molar-refractivity contribution in [2.24, 2.45) is 5.92 Å². The monoisotopic (exact) mass is 211 g/mol. The number of hydrogen-bond acceptors (Lipinski definition) is 3. The Kier molecular flexibility index (Phi) is 3.05. The summed E-state index contributed by atoms with van der Waals surface area (Å²) in [5.41, 5.74) is 0. The molecule has 1 aliphatic heterocycles. The Balaban J connectivity index is 1.86. The molecule has 2 atom stereocenters. The first-order valence-electron chi connectivity index (χ1n) is 5.62. The minimum Gasteiger partial charge on any atom is -0.393 e. The molecule has 0 radical (unpaired) electrons. The first-order valence-corrected chi connectivity index (χ1v) is 5.62. The largest absolute Gasteiger partial charge is 0.393 e. The summed E-state index contributed by atoms with van der Waals surface area (Å²) in [7, 11) is 0. The van der Waals surface area contributed by atoms with Crippen LogP contribution in [0.1, 0.15) is 32.1 Å². The van der Waals surface area contributed by atoms with Crippen molar-refractivity contribution in [2.75, 3.05) is 13.1 Å². The van der Waals surface area contributed by atoms with Gasteiger partial charge in [0.25, 0.3) is 0 Å². The molecule has 1 saturated heterocycles. The van der Waals surface area contributed by atoms with Crippen LogP contribution in [0.3, 0.4) is 0 Å². The van der Waals surface area contributed by atoms with Gasteiger partial charge in [0.15, 0.2) is 5.78 Å². The average molecular weight is 211 g/mol. The second kappa shape index (κ2) is 4.31. The number of Topliss-reactive ketones (excluding diaryl/α,β-unsaturated/α-hetero) is 1. The number of amides is 1. The minimum absolute atomic E-state index is 0.0244. The summed E-state index contributed by atoms with van der Waals surface area (Å²) in [6, 6.07) is 0. The molecule has 1 heterocycles. The van der Waals surface area contributed by atoms with Gasteiger partial charge in [0, 0.05) is 6.54 Å². The van der Waals surface area contributed by atoms with Gasteiger partial charge in [-0.3, -0.25) is 9.59 Å². The Morgan fingerprint density at radius 1 is 1.33 bits per heavy atom. The van der Waals surface area contributed by atoms with Gasteiger partial charge >= 0.3 is 0 Å². The summed E-state index contributed by atoms with van der Waals surface area (Å²) in [4.78, 5) is 24.1. The maximum absolute atomic E-state index is 11.4. The molecule has 1 N–H and O–H groups in total. The quantitative estimate of drug-likeness (QED) is 0.670. The number of ketones is 1. The van der Waals surface area contributed by atoms with Gasteiger partial charge in [0.05, 0.1) is 19.1 Å². The van der Waals surface area contributed by atoms with Crippen molar-refractivity contribution in [3.63, 3.8) is 0 Å². The van der Waals surface area contributed by atoms with Crippen LogP contribution >= 0.6 is 0 Å². The number of aliphatic hydroxyl groups is 1. The number of hydrogen-bond donors (Lipinski definition) is 1. The van der Waals surface area contributed by atoms with Crippen molar-refractivity contribution in [1.29, 1.82) is 0 Å². The first kappa shape index (κ1) is 10.6. The summed E-state index contributed by atoms with van der Waals surface area (Å²) in [5, 5.41) is 9.50. The van der Waals surface area contributed by atoms with Crippen LogP contribution in [-0.4, -0.2) is 40.9 Å². The molecule has 1 aliphatic carbocycles. The van der Waals surface area contributed by atoms with Crippen molar-refractivity contribution in [2.45, 2.75) is 38.2 Å². The molecular weight excluding hydrogens is 194 g/mol. The summed E-state index contributed by atoms with van der Waals surface area (Å²) >= 11 is 0. The molecule has 4 nitrogen and oxygen atoms in total. The second-order valence-corrected chi connectivity index (χ2v) is 4.68. The Hall–Kier alpha value is -0.900. The third-order valence-corrected chi connectivity index (χ3v) is 3.30. The molecule has 15 heavy (non-hydrogen) atoms. The zero-order valence-corrected chi connectivity index (χ0v) is 8.82. The van der Waals surface area contributed by atoms with Crippen molar-refractivity contribution < 1.29 is 14.7 Å². The van der Waals surface area contributed by atoms with Crippen LogP contribution in [0.15, 0.2) is 0 Å². The van der Waals surface area contributed by atoms with Gasteiger partial charge in [-0.2, -0.15) is 0 Å². The van der Waals surface area contributed by atoms with Crippen LogP contribution in [0.2, 0.25) is 0 Å². The molecule has 0 aromatic heterocycles. The van der Waals surface area contributed by atoms with E-state index in [1.165, 1.54) is 0 Å². The van der Waals surface area contributed by atoms with Gasteiger partial charge < -0.3 is 10.0 Å². The average Bonchev–Trinajstić information content (AvgIpc) is 2.45. The van der Waals surface area contributed by atoms with Crippen molar-refractivity contribution >= 4 is 11.7 Å². The molecule has 2 fully saturated rings.